The lowest BCUT2D eigenvalue weighted by atomic mass is 10.2. The number of benzene rings is 1. The van der Waals surface area contributed by atoms with Crippen molar-refractivity contribution in [3.63, 3.8) is 0 Å². The Kier molecular flexibility index (Phi) is 8.90. The zero-order valence-electron chi connectivity index (χ0n) is 11.6. The zero-order valence-corrected chi connectivity index (χ0v) is 14.5. The van der Waals surface area contributed by atoms with E-state index >= 15 is 0 Å². The molecule has 0 saturated carbocycles. The predicted molar refractivity (Wildman–Crippen MR) is 89.5 cm³/mol. The molecule has 0 bridgehead atoms. The van der Waals surface area contributed by atoms with E-state index in [9.17, 15) is 14.4 Å². The average molecular weight is 438 g/mol. The lowest BCUT2D eigenvalue weighted by molar-refractivity contribution is -0.144. The topological polar surface area (TPSA) is 89.9 Å². The number of halogens is 1. The first kappa shape index (κ1) is 18.8. The summed E-state index contributed by atoms with van der Waals surface area (Å²) < 4.78 is 9.49. The number of rotatable bonds is 9. The van der Waals surface area contributed by atoms with Crippen LogP contribution in [0.5, 0.6) is 0 Å². The minimum absolute atomic E-state index is 0.0839. The lowest BCUT2D eigenvalue weighted by Crippen LogP contribution is -2.21. The van der Waals surface area contributed by atoms with Crippen LogP contribution in [0.15, 0.2) is 30.3 Å². The number of carboxylic acids is 1. The van der Waals surface area contributed by atoms with Crippen molar-refractivity contribution in [1.82, 2.24) is 0 Å². The van der Waals surface area contributed by atoms with Gasteiger partial charge < -0.3 is 12.9 Å². The second-order valence-electron chi connectivity index (χ2n) is 4.25. The van der Waals surface area contributed by atoms with Gasteiger partial charge in [0.05, 0.1) is 12.8 Å². The number of carbonyl (C=O) groups excluding carboxylic acids is 2. The monoisotopic (exact) mass is 438 g/mol. The highest BCUT2D eigenvalue weighted by atomic mass is 127. The van der Waals surface area contributed by atoms with Gasteiger partial charge in [-0.05, 0) is 5.56 Å². The predicted octanol–water partition coefficient (Wildman–Crippen LogP) is 2.59. The molecule has 0 heterocycles. The van der Waals surface area contributed by atoms with Gasteiger partial charge in [0, 0.05) is 5.75 Å². The van der Waals surface area contributed by atoms with Crippen LogP contribution < -0.4 is 0 Å². The Morgan fingerprint density at radius 3 is 2.45 bits per heavy atom. The van der Waals surface area contributed by atoms with E-state index < -0.39 is 23.2 Å². The molecule has 0 aliphatic carbocycles. The van der Waals surface area contributed by atoms with Crippen molar-refractivity contribution in [2.24, 2.45) is 0 Å². The summed E-state index contributed by atoms with van der Waals surface area (Å²) >= 11 is 2.43. The van der Waals surface area contributed by atoms with E-state index in [1.165, 1.54) is 23.0 Å². The standard InChI is InChI=1S/C14H15IO6S/c15-21-13(17)8-11(14(18)19)22-7-6-12(16)20-9-10-4-2-1-3-5-10/h1-5,11H,6-9H2,(H,18,19). The molecular weight excluding hydrogens is 423 g/mol. The SMILES string of the molecule is O=C(CC(SCCC(=O)OCc1ccccc1)C(=O)O)OI. The molecule has 8 heteroatoms. The molecule has 0 radical (unpaired) electrons. The Bertz CT molecular complexity index is 507. The molecule has 0 amide bonds. The van der Waals surface area contributed by atoms with E-state index in [0.717, 1.165) is 17.3 Å². The summed E-state index contributed by atoms with van der Waals surface area (Å²) in [6, 6.07) is 9.26. The van der Waals surface area contributed by atoms with Gasteiger partial charge in [-0.25, -0.2) is 0 Å². The lowest BCUT2D eigenvalue weighted by Gasteiger charge is -2.10. The van der Waals surface area contributed by atoms with Gasteiger partial charge in [0.2, 0.25) is 0 Å². The summed E-state index contributed by atoms with van der Waals surface area (Å²) in [6.07, 6.45) is -0.150. The van der Waals surface area contributed by atoms with Gasteiger partial charge >= 0.3 is 17.9 Å². The van der Waals surface area contributed by atoms with Crippen LogP contribution in [-0.4, -0.2) is 34.0 Å². The largest absolute Gasteiger partial charge is 0.480 e. The van der Waals surface area contributed by atoms with Crippen LogP contribution in [0, 0.1) is 0 Å². The number of ether oxygens (including phenoxy) is 1. The minimum Gasteiger partial charge on any atom is -0.480 e. The molecule has 22 heavy (non-hydrogen) atoms. The van der Waals surface area contributed by atoms with Crippen molar-refractivity contribution < 1.29 is 27.3 Å². The maximum absolute atomic E-state index is 11.6. The number of hydrogen-bond acceptors (Lipinski definition) is 6. The Hall–Kier alpha value is -1.29. The van der Waals surface area contributed by atoms with Crippen LogP contribution in [0.2, 0.25) is 0 Å². The number of carboxylic acid groups (broad SMARTS) is 1. The minimum atomic E-state index is -1.11. The second-order valence-corrected chi connectivity index (χ2v) is 6.00. The Balaban J connectivity index is 2.27. The number of carbonyl (C=O) groups is 3. The molecule has 1 aromatic rings. The third kappa shape index (κ3) is 7.64. The molecule has 0 aliphatic heterocycles. The molecule has 1 rings (SSSR count). The molecular formula is C14H15IO6S. The van der Waals surface area contributed by atoms with Gasteiger partial charge in [-0.15, -0.1) is 11.8 Å². The average Bonchev–Trinajstić information content (AvgIpc) is 2.52. The summed E-state index contributed by atoms with van der Waals surface area (Å²) in [6.45, 7) is 0.188. The molecule has 0 aromatic heterocycles. The van der Waals surface area contributed by atoms with Gasteiger partial charge in [-0.3, -0.25) is 14.4 Å². The fourth-order valence-corrected chi connectivity index (χ4v) is 2.64. The third-order valence-corrected chi connectivity index (χ3v) is 4.28. The molecule has 1 N–H and O–H groups in total. The number of esters is 1. The Morgan fingerprint density at radius 2 is 1.86 bits per heavy atom. The van der Waals surface area contributed by atoms with Crippen molar-refractivity contribution >= 4 is 52.7 Å². The highest BCUT2D eigenvalue weighted by Gasteiger charge is 2.22. The third-order valence-electron chi connectivity index (χ3n) is 2.58. The molecule has 0 fully saturated rings. The maximum atomic E-state index is 11.6. The van der Waals surface area contributed by atoms with Crippen molar-refractivity contribution in [3.05, 3.63) is 35.9 Å². The normalized spacial score (nSPS) is 11.5. The summed E-state index contributed by atoms with van der Waals surface area (Å²) in [4.78, 5) is 33.6. The van der Waals surface area contributed by atoms with Crippen LogP contribution in [0.4, 0.5) is 0 Å². The fraction of sp³-hybridized carbons (Fsp3) is 0.357. The van der Waals surface area contributed by atoms with Crippen LogP contribution in [0.3, 0.4) is 0 Å². The Morgan fingerprint density at radius 1 is 1.18 bits per heavy atom. The summed E-state index contributed by atoms with van der Waals surface area (Å²) in [7, 11) is 0. The van der Waals surface area contributed by atoms with E-state index in [1.807, 2.05) is 30.3 Å². The number of hydrogen-bond donors (Lipinski definition) is 1. The van der Waals surface area contributed by atoms with Gasteiger partial charge in [0.25, 0.3) is 0 Å². The van der Waals surface area contributed by atoms with Crippen molar-refractivity contribution in [2.45, 2.75) is 24.7 Å². The van der Waals surface area contributed by atoms with Crippen LogP contribution in [-0.2, 0) is 28.8 Å². The molecule has 1 aromatic carbocycles. The molecule has 120 valence electrons. The number of thioether (sulfide) groups is 1. The van der Waals surface area contributed by atoms with E-state index in [1.54, 1.807) is 0 Å². The molecule has 0 aliphatic rings. The van der Waals surface area contributed by atoms with Crippen molar-refractivity contribution in [3.8, 4) is 0 Å². The van der Waals surface area contributed by atoms with E-state index in [2.05, 4.69) is 3.07 Å². The van der Waals surface area contributed by atoms with Crippen molar-refractivity contribution in [2.75, 3.05) is 5.75 Å². The van der Waals surface area contributed by atoms with Crippen LogP contribution >= 0.6 is 34.8 Å². The van der Waals surface area contributed by atoms with Gasteiger partial charge in [-0.2, -0.15) is 0 Å². The van der Waals surface area contributed by atoms with Gasteiger partial charge in [-0.1, -0.05) is 30.3 Å². The summed E-state index contributed by atoms with van der Waals surface area (Å²) in [5, 5.41) is 8.06. The smallest absolute Gasteiger partial charge is 0.317 e. The van der Waals surface area contributed by atoms with Crippen LogP contribution in [0.25, 0.3) is 0 Å². The molecule has 0 saturated heterocycles. The fourth-order valence-electron chi connectivity index (χ4n) is 1.50. The first-order valence-corrected chi connectivity index (χ1v) is 8.31. The highest BCUT2D eigenvalue weighted by molar-refractivity contribution is 14.1. The van der Waals surface area contributed by atoms with E-state index in [4.69, 9.17) is 9.84 Å². The Labute approximate surface area is 146 Å². The molecule has 1 atom stereocenters. The van der Waals surface area contributed by atoms with Gasteiger partial charge in [0.1, 0.15) is 11.9 Å². The zero-order chi connectivity index (χ0) is 16.4. The molecule has 6 nitrogen and oxygen atoms in total. The maximum Gasteiger partial charge on any atom is 0.317 e. The quantitative estimate of drug-likeness (QED) is 0.468. The van der Waals surface area contributed by atoms with Crippen molar-refractivity contribution in [1.29, 1.82) is 0 Å². The first-order chi connectivity index (χ1) is 10.5. The second kappa shape index (κ2) is 10.4. The number of aliphatic carboxylic acids is 1. The molecule has 1 unspecified atom stereocenters. The summed E-state index contributed by atoms with van der Waals surface area (Å²) in [5.41, 5.74) is 0.886. The van der Waals surface area contributed by atoms with Gasteiger partial charge in [0.15, 0.2) is 23.0 Å². The highest BCUT2D eigenvalue weighted by Crippen LogP contribution is 2.18. The summed E-state index contributed by atoms with van der Waals surface area (Å²) in [5.74, 6) is -1.85. The van der Waals surface area contributed by atoms with Crippen LogP contribution in [0.1, 0.15) is 18.4 Å². The first-order valence-electron chi connectivity index (χ1n) is 6.38. The van der Waals surface area contributed by atoms with E-state index in [0.29, 0.717) is 0 Å². The molecule has 0 spiro atoms. The van der Waals surface area contributed by atoms with E-state index in [-0.39, 0.29) is 25.2 Å².